The van der Waals surface area contributed by atoms with E-state index >= 15 is 0 Å². The normalized spacial score (nSPS) is 13.1. The fourth-order valence-corrected chi connectivity index (χ4v) is 22.3. The molecular formula is C128H84N4O. The van der Waals surface area contributed by atoms with Gasteiger partial charge in [-0.25, -0.2) is 0 Å². The molecule has 2 aliphatic carbocycles. The minimum absolute atomic E-state index is 0.619. The molecule has 1 aromatic heterocycles. The van der Waals surface area contributed by atoms with Crippen molar-refractivity contribution in [1.29, 1.82) is 0 Å². The summed E-state index contributed by atoms with van der Waals surface area (Å²) in [7, 11) is 0. The minimum atomic E-state index is -0.625. The zero-order chi connectivity index (χ0) is 87.7. The van der Waals surface area contributed by atoms with Crippen molar-refractivity contribution < 1.29 is 4.42 Å². The number of benzene rings is 21. The van der Waals surface area contributed by atoms with E-state index in [0.29, 0.717) is 0 Å². The number of furan rings is 1. The molecule has 133 heavy (non-hydrogen) atoms. The average molecular weight is 1690 g/mol. The molecule has 0 bridgehead atoms. The molecule has 0 amide bonds. The maximum atomic E-state index is 6.79. The van der Waals surface area contributed by atoms with E-state index in [4.69, 9.17) is 4.42 Å². The molecule has 0 fully saturated rings. The first kappa shape index (κ1) is 76.8. The molecule has 26 rings (SSSR count). The number of nitrogens with zero attached hydrogens (tertiary/aromatic N) is 4. The lowest BCUT2D eigenvalue weighted by Gasteiger charge is -2.45. The Morgan fingerprint density at radius 2 is 0.421 bits per heavy atom. The van der Waals surface area contributed by atoms with Gasteiger partial charge in [0, 0.05) is 56.3 Å². The van der Waals surface area contributed by atoms with Gasteiger partial charge in [0.25, 0.3) is 0 Å². The molecule has 0 atom stereocenters. The van der Waals surface area contributed by atoms with Crippen molar-refractivity contribution in [1.82, 2.24) is 0 Å². The van der Waals surface area contributed by atoms with Crippen molar-refractivity contribution in [2.75, 3.05) is 19.6 Å². The Morgan fingerprint density at radius 1 is 0.158 bits per heavy atom. The Bertz CT molecular complexity index is 8180. The van der Waals surface area contributed by atoms with Crippen LogP contribution in [0.4, 0.5) is 68.2 Å². The van der Waals surface area contributed by atoms with E-state index < -0.39 is 10.8 Å². The molecule has 0 N–H and O–H groups in total. The van der Waals surface area contributed by atoms with Crippen LogP contribution in [0.25, 0.3) is 122 Å². The van der Waals surface area contributed by atoms with Gasteiger partial charge in [-0.05, 0) is 296 Å². The number of fused-ring (bicyclic) bond motifs is 21. The maximum absolute atomic E-state index is 6.79. The molecule has 2 aliphatic heterocycles. The monoisotopic (exact) mass is 1690 g/mol. The third-order valence-corrected chi connectivity index (χ3v) is 28.3. The van der Waals surface area contributed by atoms with Gasteiger partial charge in [0.2, 0.25) is 0 Å². The van der Waals surface area contributed by atoms with Crippen LogP contribution in [0.3, 0.4) is 0 Å². The van der Waals surface area contributed by atoms with Crippen LogP contribution in [-0.4, -0.2) is 0 Å². The van der Waals surface area contributed by atoms with Crippen LogP contribution >= 0.6 is 0 Å². The smallest absolute Gasteiger partial charge is 0.136 e. The van der Waals surface area contributed by atoms with E-state index in [9.17, 15) is 0 Å². The third kappa shape index (κ3) is 12.4. The molecule has 21 aromatic carbocycles. The van der Waals surface area contributed by atoms with Crippen LogP contribution < -0.4 is 19.6 Å². The van der Waals surface area contributed by atoms with Crippen molar-refractivity contribution in [3.63, 3.8) is 0 Å². The zero-order valence-corrected chi connectivity index (χ0v) is 72.7. The number of hydrogen-bond acceptors (Lipinski definition) is 5. The van der Waals surface area contributed by atoms with Crippen LogP contribution in [0.5, 0.6) is 0 Å². The van der Waals surface area contributed by atoms with Gasteiger partial charge < -0.3 is 24.0 Å². The van der Waals surface area contributed by atoms with E-state index in [2.05, 4.69) is 529 Å². The first-order valence-electron chi connectivity index (χ1n) is 45.9. The summed E-state index contributed by atoms with van der Waals surface area (Å²) < 4.78 is 6.79. The second kappa shape index (κ2) is 31.2. The predicted molar refractivity (Wildman–Crippen MR) is 552 cm³/mol. The van der Waals surface area contributed by atoms with Crippen LogP contribution in [0.2, 0.25) is 0 Å². The van der Waals surface area contributed by atoms with Crippen molar-refractivity contribution in [3.8, 4) is 100 Å². The molecule has 0 saturated heterocycles. The van der Waals surface area contributed by atoms with Gasteiger partial charge in [0.15, 0.2) is 0 Å². The fourth-order valence-electron chi connectivity index (χ4n) is 22.3. The molecule has 3 heterocycles. The summed E-state index contributed by atoms with van der Waals surface area (Å²) in [6.07, 6.45) is 0. The molecule has 4 aliphatic rings. The number of hydrogen-bond donors (Lipinski definition) is 0. The highest BCUT2D eigenvalue weighted by molar-refractivity contribution is 6.08. The standard InChI is InChI=1S/C128H84N4O/c1-5-26-85(27-6-1)87-48-50-88(51-49-87)91-58-68-102(69-59-91)129(105-74-77-109-107-36-13-15-38-113(107)127(119(109)83-105)115-40-17-21-44-121(115)131(99-32-9-3-10-33-99)122-45-22-18-41-116(122)127)103-70-60-92(61-71-103)89-52-54-93(55-53-89)95-30-25-31-96(80-95)98-64-76-111-112-81-97(65-79-125(112)133-126(111)82-98)94-62-72-104(73-63-94)130(101-66-56-90(57-67-101)86-28-7-2-8-29-86)106-75-78-110-108-37-14-16-39-114(108)128(120(110)84-106)117-42-19-23-46-123(117)132(100-34-11-4-12-35-100)124-47-24-20-43-118(124)128/h1-84H. The first-order valence-corrected chi connectivity index (χ1v) is 45.9. The molecule has 0 saturated carbocycles. The fraction of sp³-hybridized carbons (Fsp3) is 0.0156. The number of rotatable bonds is 15. The minimum Gasteiger partial charge on any atom is -0.456 e. The largest absolute Gasteiger partial charge is 0.456 e. The summed E-state index contributed by atoms with van der Waals surface area (Å²) >= 11 is 0. The summed E-state index contributed by atoms with van der Waals surface area (Å²) in [5.74, 6) is 0. The number of anilines is 12. The summed E-state index contributed by atoms with van der Waals surface area (Å²) in [4.78, 5) is 9.77. The molecule has 2 spiro atoms. The van der Waals surface area contributed by atoms with Crippen molar-refractivity contribution in [3.05, 3.63) is 554 Å². The highest BCUT2D eigenvalue weighted by Crippen LogP contribution is 2.67. The average Bonchev–Trinajstić information content (AvgIpc) is 1.50. The Morgan fingerprint density at radius 3 is 0.805 bits per heavy atom. The SMILES string of the molecule is c1ccc(-c2ccc(-c3ccc(N(c4ccc(-c5ccc(-c6cccc(-c7ccc8c(c7)oc7ccc(-c9ccc(N(c%10ccc(-c%11ccccc%11)cc%10)c%10ccc%11c(c%10)C%10(c%12ccccc%12-%11)c%11ccccc%11N(c%11ccccc%11)c%11ccccc%11%10)cc9)cc78)c6)cc5)cc4)c4ccc5c(c4)C4(c6ccccc6-5)c5ccccc5N(c5ccccc5)c5ccccc54)cc3)cc2)cc1. The van der Waals surface area contributed by atoms with Crippen LogP contribution in [0.1, 0.15) is 44.5 Å². The van der Waals surface area contributed by atoms with Gasteiger partial charge in [-0.2, -0.15) is 0 Å². The molecule has 5 heteroatoms. The van der Waals surface area contributed by atoms with E-state index in [1.165, 1.54) is 117 Å². The van der Waals surface area contributed by atoms with Gasteiger partial charge in [0.05, 0.1) is 33.6 Å². The Balaban J connectivity index is 0.502. The first-order chi connectivity index (χ1) is 65.9. The van der Waals surface area contributed by atoms with Crippen LogP contribution in [0.15, 0.2) is 514 Å². The Kier molecular flexibility index (Phi) is 18.0. The van der Waals surface area contributed by atoms with Crippen LogP contribution in [-0.2, 0) is 10.8 Å². The van der Waals surface area contributed by atoms with Gasteiger partial charge in [-0.3, -0.25) is 0 Å². The molecule has 0 unspecified atom stereocenters. The van der Waals surface area contributed by atoms with E-state index in [1.54, 1.807) is 0 Å². The summed E-state index contributed by atoms with van der Waals surface area (Å²) in [6, 6.07) is 188. The van der Waals surface area contributed by atoms with Gasteiger partial charge in [-0.15, -0.1) is 0 Å². The number of para-hydroxylation sites is 6. The van der Waals surface area contributed by atoms with Crippen LogP contribution in [0, 0.1) is 0 Å². The van der Waals surface area contributed by atoms with E-state index in [0.717, 1.165) is 118 Å². The lowest BCUT2D eigenvalue weighted by molar-refractivity contribution is 0.669. The molecular weight excluding hydrogens is 1610 g/mol. The van der Waals surface area contributed by atoms with Gasteiger partial charge in [0.1, 0.15) is 11.2 Å². The molecule has 22 aromatic rings. The lowest BCUT2D eigenvalue weighted by atomic mass is 9.64. The second-order valence-electron chi connectivity index (χ2n) is 35.3. The van der Waals surface area contributed by atoms with Crippen molar-refractivity contribution in [2.24, 2.45) is 0 Å². The summed E-state index contributed by atoms with van der Waals surface area (Å²) in [5, 5.41) is 2.16. The van der Waals surface area contributed by atoms with E-state index in [-0.39, 0.29) is 0 Å². The topological polar surface area (TPSA) is 26.1 Å². The second-order valence-corrected chi connectivity index (χ2v) is 35.3. The molecule has 622 valence electrons. The third-order valence-electron chi connectivity index (χ3n) is 28.3. The highest BCUT2D eigenvalue weighted by Gasteiger charge is 2.54. The molecule has 0 radical (unpaired) electrons. The van der Waals surface area contributed by atoms with E-state index in [1.807, 2.05) is 0 Å². The lowest BCUT2D eigenvalue weighted by Crippen LogP contribution is -2.36. The Labute approximate surface area is 773 Å². The summed E-state index contributed by atoms with van der Waals surface area (Å²) in [6.45, 7) is 0. The van der Waals surface area contributed by atoms with Gasteiger partial charge in [-0.1, -0.05) is 358 Å². The highest BCUT2D eigenvalue weighted by atomic mass is 16.3. The summed E-state index contributed by atoms with van der Waals surface area (Å²) in [5.41, 5.74) is 45.0. The molecule has 5 nitrogen and oxygen atoms in total. The predicted octanol–water partition coefficient (Wildman–Crippen LogP) is 34.5. The Hall–Kier alpha value is -17.4. The zero-order valence-electron chi connectivity index (χ0n) is 72.7. The van der Waals surface area contributed by atoms with Crippen molar-refractivity contribution in [2.45, 2.75) is 10.8 Å². The van der Waals surface area contributed by atoms with Crippen molar-refractivity contribution >= 4 is 90.2 Å². The quantitative estimate of drug-likeness (QED) is 0.102. The van der Waals surface area contributed by atoms with Gasteiger partial charge >= 0.3 is 0 Å². The maximum Gasteiger partial charge on any atom is 0.136 e.